The van der Waals surface area contributed by atoms with E-state index < -0.39 is 0 Å². The molecular formula is C29H34Br2N2O3S. The van der Waals surface area contributed by atoms with Gasteiger partial charge in [0.1, 0.15) is 12.3 Å². The SMILES string of the molecule is Cc1cccc(N(Cc2ccc(Br)s2)C(=O)O[C@H]2C[N+]3(CCCOc4ccccc4)CCC2CC3)c1.[Br-]. The molecule has 3 aromatic rings. The van der Waals surface area contributed by atoms with Crippen molar-refractivity contribution in [1.82, 2.24) is 0 Å². The molecule has 2 aromatic carbocycles. The van der Waals surface area contributed by atoms with Gasteiger partial charge in [0.15, 0.2) is 6.10 Å². The van der Waals surface area contributed by atoms with Crippen LogP contribution in [0.5, 0.6) is 5.75 Å². The molecule has 3 aliphatic heterocycles. The van der Waals surface area contributed by atoms with Gasteiger partial charge in [-0.05, 0) is 64.8 Å². The Bertz CT molecular complexity index is 1160. The first-order chi connectivity index (χ1) is 17.5. The number of nitrogens with zero attached hydrogens (tertiary/aromatic N) is 2. The maximum absolute atomic E-state index is 13.6. The van der Waals surface area contributed by atoms with Gasteiger partial charge < -0.3 is 30.9 Å². The minimum Gasteiger partial charge on any atom is -1.00 e. The van der Waals surface area contributed by atoms with Crippen LogP contribution in [-0.4, -0.2) is 49.5 Å². The van der Waals surface area contributed by atoms with Gasteiger partial charge in [-0.15, -0.1) is 11.3 Å². The van der Waals surface area contributed by atoms with Crippen LogP contribution in [0.25, 0.3) is 0 Å². The number of rotatable bonds is 9. The Labute approximate surface area is 242 Å². The summed E-state index contributed by atoms with van der Waals surface area (Å²) in [7, 11) is 0. The summed E-state index contributed by atoms with van der Waals surface area (Å²) in [4.78, 5) is 16.5. The van der Waals surface area contributed by atoms with Crippen LogP contribution in [0.15, 0.2) is 70.5 Å². The van der Waals surface area contributed by atoms with Crippen molar-refractivity contribution in [2.45, 2.75) is 38.8 Å². The lowest BCUT2D eigenvalue weighted by Crippen LogP contribution is -3.00. The molecule has 3 aliphatic rings. The summed E-state index contributed by atoms with van der Waals surface area (Å²) in [5, 5.41) is 0. The van der Waals surface area contributed by atoms with Crippen molar-refractivity contribution in [1.29, 1.82) is 0 Å². The Morgan fingerprint density at radius 2 is 1.86 bits per heavy atom. The number of hydrogen-bond acceptors (Lipinski definition) is 4. The summed E-state index contributed by atoms with van der Waals surface area (Å²) >= 11 is 5.20. The summed E-state index contributed by atoms with van der Waals surface area (Å²) in [6.45, 7) is 7.61. The number of ether oxygens (including phenoxy) is 2. The normalized spacial score (nSPS) is 22.2. The highest BCUT2D eigenvalue weighted by Crippen LogP contribution is 2.36. The average Bonchev–Trinajstić information content (AvgIpc) is 3.31. The first-order valence-electron chi connectivity index (χ1n) is 12.8. The van der Waals surface area contributed by atoms with Gasteiger partial charge in [0.2, 0.25) is 0 Å². The number of quaternary nitrogens is 1. The molecule has 0 aliphatic carbocycles. The molecule has 8 heteroatoms. The Balaban J connectivity index is 0.00000320. The van der Waals surface area contributed by atoms with E-state index >= 15 is 0 Å². The van der Waals surface area contributed by atoms with E-state index in [-0.39, 0.29) is 29.2 Å². The summed E-state index contributed by atoms with van der Waals surface area (Å²) in [5.74, 6) is 1.39. The van der Waals surface area contributed by atoms with Crippen LogP contribution >= 0.6 is 27.3 Å². The second kappa shape index (κ2) is 12.8. The lowest BCUT2D eigenvalue weighted by Gasteiger charge is -2.52. The van der Waals surface area contributed by atoms with Crippen molar-refractivity contribution in [3.63, 3.8) is 0 Å². The molecule has 0 saturated carbocycles. The average molecular weight is 650 g/mol. The van der Waals surface area contributed by atoms with Gasteiger partial charge >= 0.3 is 6.09 Å². The van der Waals surface area contributed by atoms with Crippen LogP contribution in [-0.2, 0) is 11.3 Å². The van der Waals surface area contributed by atoms with E-state index in [9.17, 15) is 4.79 Å². The number of aryl methyl sites for hydroxylation is 1. The molecule has 5 nitrogen and oxygen atoms in total. The number of fused-ring (bicyclic) bond motifs is 3. The molecule has 1 aromatic heterocycles. The van der Waals surface area contributed by atoms with Crippen LogP contribution < -0.4 is 26.6 Å². The Kier molecular flexibility index (Phi) is 9.73. The lowest BCUT2D eigenvalue weighted by molar-refractivity contribution is -0.946. The van der Waals surface area contributed by atoms with E-state index in [1.807, 2.05) is 48.5 Å². The summed E-state index contributed by atoms with van der Waals surface area (Å²) < 4.78 is 14.3. The third-order valence-corrected chi connectivity index (χ3v) is 9.17. The highest BCUT2D eigenvalue weighted by molar-refractivity contribution is 9.11. The molecule has 1 atom stereocenters. The zero-order chi connectivity index (χ0) is 25.0. The van der Waals surface area contributed by atoms with E-state index in [0.717, 1.165) is 69.1 Å². The third-order valence-electron chi connectivity index (χ3n) is 7.56. The fourth-order valence-electron chi connectivity index (χ4n) is 5.62. The summed E-state index contributed by atoms with van der Waals surface area (Å²) in [5.41, 5.74) is 2.01. The van der Waals surface area contributed by atoms with Crippen molar-refractivity contribution >= 4 is 39.0 Å². The Hall–Kier alpha value is -1.87. The summed E-state index contributed by atoms with van der Waals surface area (Å²) in [6, 6.07) is 22.2. The topological polar surface area (TPSA) is 38.8 Å². The highest BCUT2D eigenvalue weighted by atomic mass is 79.9. The molecule has 0 radical (unpaired) electrons. The second-order valence-electron chi connectivity index (χ2n) is 10.1. The quantitative estimate of drug-likeness (QED) is 0.260. The number of para-hydroxylation sites is 1. The van der Waals surface area contributed by atoms with Gasteiger partial charge in [-0.2, -0.15) is 0 Å². The standard InChI is InChI=1S/C29H34BrN2O3S.BrH/c1-22-7-5-8-24(19-22)31(20-26-11-12-28(30)36-26)29(33)35-27-21-32(16-13-23(27)14-17-32)15-6-18-34-25-9-3-2-4-10-25;/h2-5,7-12,19,23,27H,6,13-18,20-21H2,1H3;1H/q+1;/p-1/t23?,27-,32?;/m0./s1. The molecule has 0 unspecified atom stereocenters. The molecule has 6 rings (SSSR count). The first kappa shape index (κ1) is 28.1. The van der Waals surface area contributed by atoms with E-state index in [2.05, 4.69) is 41.1 Å². The molecule has 0 N–H and O–H groups in total. The largest absolute Gasteiger partial charge is 1.00 e. The highest BCUT2D eigenvalue weighted by Gasteiger charge is 2.47. The van der Waals surface area contributed by atoms with Crippen molar-refractivity contribution in [2.24, 2.45) is 5.92 Å². The molecule has 0 spiro atoms. The van der Waals surface area contributed by atoms with E-state index in [0.29, 0.717) is 12.5 Å². The molecule has 37 heavy (non-hydrogen) atoms. The van der Waals surface area contributed by atoms with Crippen molar-refractivity contribution < 1.29 is 35.7 Å². The predicted octanol–water partition coefficient (Wildman–Crippen LogP) is 4.04. The fraction of sp³-hybridized carbons (Fsp3) is 0.414. The van der Waals surface area contributed by atoms with Gasteiger partial charge in [-0.25, -0.2) is 4.79 Å². The summed E-state index contributed by atoms with van der Waals surface area (Å²) in [6.07, 6.45) is 2.98. The van der Waals surface area contributed by atoms with Crippen LogP contribution in [0.1, 0.15) is 29.7 Å². The monoisotopic (exact) mass is 648 g/mol. The van der Waals surface area contributed by atoms with Crippen molar-refractivity contribution in [3.05, 3.63) is 81.0 Å². The molecule has 3 fully saturated rings. The number of halogens is 2. The number of carbonyl (C=O) groups excluding carboxylic acids is 1. The molecular weight excluding hydrogens is 616 g/mol. The molecule has 4 heterocycles. The molecule has 1 amide bonds. The fourth-order valence-corrected chi connectivity index (χ4v) is 7.09. The van der Waals surface area contributed by atoms with E-state index in [1.54, 1.807) is 16.2 Å². The zero-order valence-corrected chi connectivity index (χ0v) is 25.1. The van der Waals surface area contributed by atoms with Gasteiger partial charge in [0.25, 0.3) is 0 Å². The van der Waals surface area contributed by atoms with Crippen molar-refractivity contribution in [3.8, 4) is 5.75 Å². The number of benzene rings is 2. The van der Waals surface area contributed by atoms with Crippen molar-refractivity contribution in [2.75, 3.05) is 37.7 Å². The number of hydrogen-bond donors (Lipinski definition) is 0. The van der Waals surface area contributed by atoms with Crippen LogP contribution in [0, 0.1) is 12.8 Å². The van der Waals surface area contributed by atoms with E-state index in [4.69, 9.17) is 9.47 Å². The van der Waals surface area contributed by atoms with E-state index in [1.165, 1.54) is 13.1 Å². The molecule has 198 valence electrons. The number of carbonyl (C=O) groups is 1. The number of amides is 1. The predicted molar refractivity (Wildman–Crippen MR) is 149 cm³/mol. The number of piperidine rings is 3. The van der Waals surface area contributed by atoms with Crippen LogP contribution in [0.4, 0.5) is 10.5 Å². The van der Waals surface area contributed by atoms with Crippen LogP contribution in [0.3, 0.4) is 0 Å². The lowest BCUT2D eigenvalue weighted by atomic mass is 9.83. The van der Waals surface area contributed by atoms with Gasteiger partial charge in [-0.3, -0.25) is 4.90 Å². The molecule has 3 saturated heterocycles. The first-order valence-corrected chi connectivity index (χ1v) is 14.4. The maximum atomic E-state index is 13.6. The number of anilines is 1. The minimum atomic E-state index is -0.241. The smallest absolute Gasteiger partial charge is 0.415 e. The van der Waals surface area contributed by atoms with Gasteiger partial charge in [0.05, 0.1) is 36.6 Å². The Morgan fingerprint density at radius 1 is 1.08 bits per heavy atom. The Morgan fingerprint density at radius 3 is 2.57 bits per heavy atom. The number of thiophene rings is 1. The minimum absolute atomic E-state index is 0. The maximum Gasteiger partial charge on any atom is 0.415 e. The van der Waals surface area contributed by atoms with Gasteiger partial charge in [-0.1, -0.05) is 30.3 Å². The van der Waals surface area contributed by atoms with Gasteiger partial charge in [0, 0.05) is 35.7 Å². The molecule has 2 bridgehead atoms. The zero-order valence-electron chi connectivity index (χ0n) is 21.2. The second-order valence-corrected chi connectivity index (χ2v) is 12.6. The van der Waals surface area contributed by atoms with Crippen LogP contribution in [0.2, 0.25) is 0 Å². The third kappa shape index (κ3) is 7.16.